The average Bonchev–Trinajstić information content (AvgIpc) is 2.43. The van der Waals surface area contributed by atoms with Crippen molar-refractivity contribution >= 4 is 28.0 Å². The Labute approximate surface area is 112 Å². The van der Waals surface area contributed by atoms with Crippen molar-refractivity contribution in [3.05, 3.63) is 60.3 Å². The molecule has 2 aromatic carbocycles. The highest BCUT2D eigenvalue weighted by atomic mass is 14.9. The molecule has 0 atom stereocenters. The predicted molar refractivity (Wildman–Crippen MR) is 80.6 cm³/mol. The molecular formula is C16H15N3. The second kappa shape index (κ2) is 4.61. The minimum atomic E-state index is 0.760. The third-order valence-electron chi connectivity index (χ3n) is 3.14. The molecule has 0 aliphatic rings. The van der Waals surface area contributed by atoms with Gasteiger partial charge in [-0.15, -0.1) is 0 Å². The summed E-state index contributed by atoms with van der Waals surface area (Å²) in [7, 11) is 0. The average molecular weight is 249 g/mol. The summed E-state index contributed by atoms with van der Waals surface area (Å²) in [6.45, 7) is 2.06. The zero-order valence-corrected chi connectivity index (χ0v) is 10.7. The Morgan fingerprint density at radius 2 is 1.95 bits per heavy atom. The number of nitrogens with zero attached hydrogens (tertiary/aromatic N) is 1. The molecule has 1 aromatic heterocycles. The largest absolute Gasteiger partial charge is 0.399 e. The van der Waals surface area contributed by atoms with Crippen LogP contribution in [0, 0.1) is 6.92 Å². The third-order valence-corrected chi connectivity index (χ3v) is 3.14. The van der Waals surface area contributed by atoms with Gasteiger partial charge in [0.2, 0.25) is 0 Å². The highest BCUT2D eigenvalue weighted by Crippen LogP contribution is 2.25. The van der Waals surface area contributed by atoms with Gasteiger partial charge in [-0.05, 0) is 48.9 Å². The van der Waals surface area contributed by atoms with Crippen molar-refractivity contribution in [3.8, 4) is 0 Å². The second-order valence-electron chi connectivity index (χ2n) is 4.61. The molecule has 19 heavy (non-hydrogen) atoms. The lowest BCUT2D eigenvalue weighted by atomic mass is 10.1. The number of hydrogen-bond donors (Lipinski definition) is 2. The first-order valence-corrected chi connectivity index (χ1v) is 6.20. The molecule has 0 radical (unpaired) electrons. The normalized spacial score (nSPS) is 10.6. The van der Waals surface area contributed by atoms with Gasteiger partial charge in [-0.2, -0.15) is 0 Å². The number of aryl methyl sites for hydroxylation is 1. The number of fused-ring (bicyclic) bond motifs is 1. The molecule has 3 rings (SSSR count). The molecule has 0 fully saturated rings. The van der Waals surface area contributed by atoms with Crippen LogP contribution in [0.1, 0.15) is 5.56 Å². The minimum Gasteiger partial charge on any atom is -0.399 e. The van der Waals surface area contributed by atoms with E-state index < -0.39 is 0 Å². The summed E-state index contributed by atoms with van der Waals surface area (Å²) < 4.78 is 0. The number of nitrogens with two attached hydrogens (primary N) is 1. The summed E-state index contributed by atoms with van der Waals surface area (Å²) in [5.74, 6) is 0. The standard InChI is InChI=1S/C16H15N3/c1-11-4-5-13(17)10-16(11)19-14-6-7-15-12(9-14)3-2-8-18-15/h2-10,19H,17H2,1H3. The highest BCUT2D eigenvalue weighted by molar-refractivity contribution is 5.83. The molecule has 3 nitrogen and oxygen atoms in total. The number of aromatic nitrogens is 1. The van der Waals surface area contributed by atoms with E-state index in [0.29, 0.717) is 0 Å². The van der Waals surface area contributed by atoms with Crippen molar-refractivity contribution < 1.29 is 0 Å². The van der Waals surface area contributed by atoms with Crippen LogP contribution in [0.4, 0.5) is 17.1 Å². The van der Waals surface area contributed by atoms with E-state index in [9.17, 15) is 0 Å². The maximum absolute atomic E-state index is 5.82. The van der Waals surface area contributed by atoms with Gasteiger partial charge in [0, 0.05) is 28.6 Å². The summed E-state index contributed by atoms with van der Waals surface area (Å²) in [5.41, 5.74) is 10.8. The van der Waals surface area contributed by atoms with E-state index >= 15 is 0 Å². The van der Waals surface area contributed by atoms with Crippen molar-refractivity contribution in [1.82, 2.24) is 4.98 Å². The predicted octanol–water partition coefficient (Wildman–Crippen LogP) is 3.87. The topological polar surface area (TPSA) is 50.9 Å². The maximum atomic E-state index is 5.82. The molecular weight excluding hydrogens is 234 g/mol. The molecule has 0 saturated heterocycles. The van der Waals surface area contributed by atoms with Crippen LogP contribution in [-0.4, -0.2) is 4.98 Å². The van der Waals surface area contributed by atoms with Crippen LogP contribution in [-0.2, 0) is 0 Å². The molecule has 0 bridgehead atoms. The van der Waals surface area contributed by atoms with Gasteiger partial charge >= 0.3 is 0 Å². The number of nitrogen functional groups attached to an aromatic ring is 1. The fourth-order valence-electron chi connectivity index (χ4n) is 2.08. The van der Waals surface area contributed by atoms with Crippen molar-refractivity contribution in [2.24, 2.45) is 0 Å². The van der Waals surface area contributed by atoms with E-state index in [2.05, 4.69) is 29.4 Å². The van der Waals surface area contributed by atoms with Gasteiger partial charge in [0.25, 0.3) is 0 Å². The van der Waals surface area contributed by atoms with Crippen LogP contribution in [0.25, 0.3) is 10.9 Å². The van der Waals surface area contributed by atoms with Crippen LogP contribution >= 0.6 is 0 Å². The van der Waals surface area contributed by atoms with E-state index in [0.717, 1.165) is 28.0 Å². The first-order chi connectivity index (χ1) is 9.22. The lowest BCUT2D eigenvalue weighted by Crippen LogP contribution is -1.95. The van der Waals surface area contributed by atoms with Gasteiger partial charge < -0.3 is 11.1 Å². The van der Waals surface area contributed by atoms with Gasteiger partial charge in [0.05, 0.1) is 5.52 Å². The molecule has 0 spiro atoms. The fraction of sp³-hybridized carbons (Fsp3) is 0.0625. The SMILES string of the molecule is Cc1ccc(N)cc1Nc1ccc2ncccc2c1. The Kier molecular flexibility index (Phi) is 2.80. The van der Waals surface area contributed by atoms with Crippen molar-refractivity contribution in [2.75, 3.05) is 11.1 Å². The van der Waals surface area contributed by atoms with Gasteiger partial charge in [0.15, 0.2) is 0 Å². The number of hydrogen-bond acceptors (Lipinski definition) is 3. The fourth-order valence-corrected chi connectivity index (χ4v) is 2.08. The Morgan fingerprint density at radius 3 is 2.84 bits per heavy atom. The van der Waals surface area contributed by atoms with Crippen molar-refractivity contribution in [3.63, 3.8) is 0 Å². The Bertz CT molecular complexity index is 735. The smallest absolute Gasteiger partial charge is 0.0703 e. The summed E-state index contributed by atoms with van der Waals surface area (Å²) >= 11 is 0. The zero-order valence-electron chi connectivity index (χ0n) is 10.7. The first kappa shape index (κ1) is 11.5. The Morgan fingerprint density at radius 1 is 1.05 bits per heavy atom. The van der Waals surface area contributed by atoms with Crippen LogP contribution in [0.15, 0.2) is 54.7 Å². The molecule has 3 aromatic rings. The van der Waals surface area contributed by atoms with Gasteiger partial charge in [-0.25, -0.2) is 0 Å². The molecule has 0 aliphatic heterocycles. The van der Waals surface area contributed by atoms with Crippen LogP contribution in [0.2, 0.25) is 0 Å². The van der Waals surface area contributed by atoms with Gasteiger partial charge in [-0.3, -0.25) is 4.98 Å². The minimum absolute atomic E-state index is 0.760. The first-order valence-electron chi connectivity index (χ1n) is 6.20. The number of anilines is 3. The molecule has 3 heteroatoms. The van der Waals surface area contributed by atoms with Crippen molar-refractivity contribution in [2.45, 2.75) is 6.92 Å². The summed E-state index contributed by atoms with van der Waals surface area (Å²) in [6, 6.07) is 16.0. The number of rotatable bonds is 2. The number of nitrogens with one attached hydrogen (secondary N) is 1. The molecule has 0 saturated carbocycles. The van der Waals surface area contributed by atoms with Crippen LogP contribution < -0.4 is 11.1 Å². The van der Waals surface area contributed by atoms with Gasteiger partial charge in [0.1, 0.15) is 0 Å². The molecule has 94 valence electrons. The van der Waals surface area contributed by atoms with E-state index in [1.54, 1.807) is 6.20 Å². The molecule has 1 heterocycles. The number of pyridine rings is 1. The monoisotopic (exact) mass is 249 g/mol. The molecule has 0 aliphatic carbocycles. The molecule has 0 amide bonds. The summed E-state index contributed by atoms with van der Waals surface area (Å²) in [6.07, 6.45) is 1.80. The van der Waals surface area contributed by atoms with E-state index in [-0.39, 0.29) is 0 Å². The lowest BCUT2D eigenvalue weighted by molar-refractivity contribution is 1.40. The third kappa shape index (κ3) is 2.36. The van der Waals surface area contributed by atoms with Crippen molar-refractivity contribution in [1.29, 1.82) is 0 Å². The summed E-state index contributed by atoms with van der Waals surface area (Å²) in [4.78, 5) is 4.31. The van der Waals surface area contributed by atoms with Crippen LogP contribution in [0.3, 0.4) is 0 Å². The molecule has 3 N–H and O–H groups in total. The van der Waals surface area contributed by atoms with E-state index in [1.807, 2.05) is 36.4 Å². The zero-order chi connectivity index (χ0) is 13.2. The second-order valence-corrected chi connectivity index (χ2v) is 4.61. The van der Waals surface area contributed by atoms with E-state index in [1.165, 1.54) is 5.56 Å². The number of benzene rings is 2. The lowest BCUT2D eigenvalue weighted by Gasteiger charge is -2.11. The highest BCUT2D eigenvalue weighted by Gasteiger charge is 2.01. The van der Waals surface area contributed by atoms with Crippen LogP contribution in [0.5, 0.6) is 0 Å². The summed E-state index contributed by atoms with van der Waals surface area (Å²) in [5, 5.41) is 4.52. The Balaban J connectivity index is 1.98. The maximum Gasteiger partial charge on any atom is 0.0703 e. The molecule has 0 unspecified atom stereocenters. The Hall–Kier alpha value is -2.55. The van der Waals surface area contributed by atoms with E-state index in [4.69, 9.17) is 5.73 Å². The van der Waals surface area contributed by atoms with Gasteiger partial charge in [-0.1, -0.05) is 12.1 Å². The quantitative estimate of drug-likeness (QED) is 0.678.